The van der Waals surface area contributed by atoms with Gasteiger partial charge < -0.3 is 10.6 Å². The van der Waals surface area contributed by atoms with Crippen LogP contribution in [-0.2, 0) is 9.84 Å². The molecule has 0 aromatic carbocycles. The van der Waals surface area contributed by atoms with Crippen LogP contribution in [0, 0.1) is 16.0 Å². The van der Waals surface area contributed by atoms with E-state index in [4.69, 9.17) is 0 Å². The Morgan fingerprint density at radius 2 is 2.24 bits per heavy atom. The van der Waals surface area contributed by atoms with Crippen molar-refractivity contribution in [1.82, 2.24) is 9.97 Å². The molecule has 0 aliphatic carbocycles. The van der Waals surface area contributed by atoms with Crippen molar-refractivity contribution in [1.29, 1.82) is 0 Å². The fourth-order valence-electron chi connectivity index (χ4n) is 2.16. The molecule has 1 unspecified atom stereocenters. The first kappa shape index (κ1) is 15.4. The summed E-state index contributed by atoms with van der Waals surface area (Å²) in [5, 5.41) is 16.7. The Labute approximate surface area is 122 Å². The van der Waals surface area contributed by atoms with E-state index in [2.05, 4.69) is 20.6 Å². The maximum absolute atomic E-state index is 11.4. The maximum atomic E-state index is 11.4. The first-order chi connectivity index (χ1) is 9.91. The molecular formula is C11H17N5O4S. The molecule has 0 spiro atoms. The van der Waals surface area contributed by atoms with Gasteiger partial charge in [0.25, 0.3) is 0 Å². The van der Waals surface area contributed by atoms with Crippen LogP contribution in [0.1, 0.15) is 13.3 Å². The van der Waals surface area contributed by atoms with E-state index >= 15 is 0 Å². The van der Waals surface area contributed by atoms with Gasteiger partial charge in [-0.1, -0.05) is 0 Å². The maximum Gasteiger partial charge on any atom is 0.329 e. The second kappa shape index (κ2) is 6.20. The van der Waals surface area contributed by atoms with E-state index in [9.17, 15) is 18.5 Å². The summed E-state index contributed by atoms with van der Waals surface area (Å²) in [5.74, 6) is 0.638. The quantitative estimate of drug-likeness (QED) is 0.579. The van der Waals surface area contributed by atoms with Crippen LogP contribution >= 0.6 is 0 Å². The van der Waals surface area contributed by atoms with Gasteiger partial charge >= 0.3 is 5.69 Å². The largest absolute Gasteiger partial charge is 0.364 e. The molecule has 116 valence electrons. The van der Waals surface area contributed by atoms with Crippen LogP contribution in [-0.4, -0.2) is 47.9 Å². The summed E-state index contributed by atoms with van der Waals surface area (Å²) in [6, 6.07) is 0. The van der Waals surface area contributed by atoms with Crippen molar-refractivity contribution in [3.05, 3.63) is 16.3 Å². The molecule has 2 heterocycles. The average Bonchev–Trinajstić information content (AvgIpc) is 2.76. The van der Waals surface area contributed by atoms with Gasteiger partial charge in [0.2, 0.25) is 11.8 Å². The summed E-state index contributed by atoms with van der Waals surface area (Å²) < 4.78 is 22.8. The van der Waals surface area contributed by atoms with Crippen LogP contribution in [0.4, 0.5) is 17.5 Å². The molecule has 10 heteroatoms. The Morgan fingerprint density at radius 1 is 1.48 bits per heavy atom. The monoisotopic (exact) mass is 315 g/mol. The molecule has 0 bridgehead atoms. The second-order valence-electron chi connectivity index (χ2n) is 4.86. The predicted molar refractivity (Wildman–Crippen MR) is 78.1 cm³/mol. The standard InChI is InChI=1S/C11H17N5O4S/c1-2-12-11-14-6-9(16(17)18)10(15-11)13-5-8-3-4-21(19,20)7-8/h6,8H,2-5,7H2,1H3,(H2,12,13,14,15). The number of hydrogen-bond acceptors (Lipinski definition) is 8. The number of nitro groups is 1. The molecule has 1 aliphatic rings. The Bertz CT molecular complexity index is 634. The van der Waals surface area contributed by atoms with Crippen molar-refractivity contribution in [2.75, 3.05) is 35.2 Å². The second-order valence-corrected chi connectivity index (χ2v) is 7.09. The van der Waals surface area contributed by atoms with E-state index < -0.39 is 14.8 Å². The fraction of sp³-hybridized carbons (Fsp3) is 0.636. The summed E-state index contributed by atoms with van der Waals surface area (Å²) in [6.45, 7) is 2.79. The predicted octanol–water partition coefficient (Wildman–Crippen LogP) is 0.663. The Balaban J connectivity index is 2.10. The van der Waals surface area contributed by atoms with Crippen LogP contribution < -0.4 is 10.6 Å². The van der Waals surface area contributed by atoms with Crippen LogP contribution in [0.3, 0.4) is 0 Å². The first-order valence-electron chi connectivity index (χ1n) is 6.61. The number of nitrogens with zero attached hydrogens (tertiary/aromatic N) is 3. The molecule has 0 amide bonds. The van der Waals surface area contributed by atoms with Gasteiger partial charge in [0.05, 0.1) is 16.4 Å². The number of aromatic nitrogens is 2. The first-order valence-corrected chi connectivity index (χ1v) is 8.43. The van der Waals surface area contributed by atoms with E-state index in [0.717, 1.165) is 6.20 Å². The highest BCUT2D eigenvalue weighted by Gasteiger charge is 2.28. The topological polar surface area (TPSA) is 127 Å². The molecule has 1 aromatic heterocycles. The summed E-state index contributed by atoms with van der Waals surface area (Å²) in [5.41, 5.74) is -0.225. The lowest BCUT2D eigenvalue weighted by Crippen LogP contribution is -2.17. The molecule has 1 atom stereocenters. The lowest BCUT2D eigenvalue weighted by molar-refractivity contribution is -0.384. The highest BCUT2D eigenvalue weighted by atomic mass is 32.2. The molecule has 1 aliphatic heterocycles. The minimum absolute atomic E-state index is 0.0489. The third-order valence-electron chi connectivity index (χ3n) is 3.19. The lowest BCUT2D eigenvalue weighted by atomic mass is 10.1. The average molecular weight is 315 g/mol. The van der Waals surface area contributed by atoms with Gasteiger partial charge in [-0.2, -0.15) is 4.98 Å². The Morgan fingerprint density at radius 3 is 2.81 bits per heavy atom. The van der Waals surface area contributed by atoms with Gasteiger partial charge in [-0.3, -0.25) is 10.1 Å². The van der Waals surface area contributed by atoms with Gasteiger partial charge in [-0.15, -0.1) is 0 Å². The molecule has 2 N–H and O–H groups in total. The van der Waals surface area contributed by atoms with Crippen molar-refractivity contribution in [3.63, 3.8) is 0 Å². The lowest BCUT2D eigenvalue weighted by Gasteiger charge is -2.11. The number of rotatable bonds is 6. The zero-order valence-electron chi connectivity index (χ0n) is 11.6. The molecule has 2 rings (SSSR count). The number of anilines is 2. The third-order valence-corrected chi connectivity index (χ3v) is 5.02. The minimum atomic E-state index is -2.96. The number of sulfone groups is 1. The van der Waals surface area contributed by atoms with Crippen molar-refractivity contribution in [3.8, 4) is 0 Å². The van der Waals surface area contributed by atoms with Gasteiger partial charge in [-0.25, -0.2) is 13.4 Å². The molecule has 1 aromatic rings. The summed E-state index contributed by atoms with van der Waals surface area (Å²) in [6.07, 6.45) is 1.70. The molecule has 21 heavy (non-hydrogen) atoms. The minimum Gasteiger partial charge on any atom is -0.364 e. The smallest absolute Gasteiger partial charge is 0.329 e. The fourth-order valence-corrected chi connectivity index (χ4v) is 4.02. The van der Waals surface area contributed by atoms with Crippen molar-refractivity contribution in [2.45, 2.75) is 13.3 Å². The van der Waals surface area contributed by atoms with E-state index in [-0.39, 0.29) is 28.9 Å². The SMILES string of the molecule is CCNc1ncc([N+](=O)[O-])c(NCC2CCS(=O)(=O)C2)n1. The van der Waals surface area contributed by atoms with Crippen LogP contribution in [0.2, 0.25) is 0 Å². The molecule has 0 radical (unpaired) electrons. The summed E-state index contributed by atoms with van der Waals surface area (Å²) in [7, 11) is -2.96. The van der Waals surface area contributed by atoms with Crippen LogP contribution in [0.5, 0.6) is 0 Å². The van der Waals surface area contributed by atoms with Gasteiger partial charge in [0, 0.05) is 13.1 Å². The highest BCUT2D eigenvalue weighted by molar-refractivity contribution is 7.91. The third kappa shape index (κ3) is 4.00. The molecule has 1 saturated heterocycles. The summed E-state index contributed by atoms with van der Waals surface area (Å²) >= 11 is 0. The van der Waals surface area contributed by atoms with Crippen molar-refractivity contribution in [2.24, 2.45) is 5.92 Å². The van der Waals surface area contributed by atoms with E-state index in [1.54, 1.807) is 0 Å². The Kier molecular flexibility index (Phi) is 4.56. The van der Waals surface area contributed by atoms with Gasteiger partial charge in [-0.05, 0) is 19.3 Å². The zero-order valence-corrected chi connectivity index (χ0v) is 12.4. The zero-order chi connectivity index (χ0) is 15.5. The van der Waals surface area contributed by atoms with E-state index in [0.29, 0.717) is 25.5 Å². The van der Waals surface area contributed by atoms with Crippen LogP contribution in [0.15, 0.2) is 6.20 Å². The summed E-state index contributed by atoms with van der Waals surface area (Å²) in [4.78, 5) is 18.3. The Hall–Kier alpha value is -1.97. The number of nitrogens with one attached hydrogen (secondary N) is 2. The normalized spacial score (nSPS) is 20.1. The van der Waals surface area contributed by atoms with Crippen LogP contribution in [0.25, 0.3) is 0 Å². The van der Waals surface area contributed by atoms with Crippen molar-refractivity contribution < 1.29 is 13.3 Å². The molecule has 0 saturated carbocycles. The molecule has 9 nitrogen and oxygen atoms in total. The van der Waals surface area contributed by atoms with Gasteiger partial charge in [0.1, 0.15) is 6.20 Å². The van der Waals surface area contributed by atoms with Crippen molar-refractivity contribution >= 4 is 27.3 Å². The number of hydrogen-bond donors (Lipinski definition) is 2. The molecular weight excluding hydrogens is 298 g/mol. The van der Waals surface area contributed by atoms with E-state index in [1.165, 1.54) is 0 Å². The van der Waals surface area contributed by atoms with Gasteiger partial charge in [0.15, 0.2) is 9.84 Å². The highest BCUT2D eigenvalue weighted by Crippen LogP contribution is 2.24. The van der Waals surface area contributed by atoms with E-state index in [1.807, 2.05) is 6.92 Å². The molecule has 1 fully saturated rings.